The Kier molecular flexibility index (Phi) is 10.8. The maximum Gasteiger partial charge on any atom is 0.303 e. The molecule has 0 unspecified atom stereocenters. The van der Waals surface area contributed by atoms with Crippen molar-refractivity contribution < 1.29 is 34.5 Å². The SMILES string of the molecule is NCCCC(=O)O.O=C([O-])CCC(=O)C(=O)[O-]. The Morgan fingerprint density at radius 3 is 1.76 bits per heavy atom. The zero-order valence-corrected chi connectivity index (χ0v) is 9.01. The Morgan fingerprint density at radius 1 is 1.00 bits per heavy atom. The van der Waals surface area contributed by atoms with Crippen LogP contribution in [0.15, 0.2) is 0 Å². The van der Waals surface area contributed by atoms with Crippen molar-refractivity contribution in [3.8, 4) is 0 Å². The fourth-order valence-electron chi connectivity index (χ4n) is 0.571. The summed E-state index contributed by atoms with van der Waals surface area (Å²) >= 11 is 0. The van der Waals surface area contributed by atoms with E-state index in [4.69, 9.17) is 10.8 Å². The van der Waals surface area contributed by atoms with E-state index in [1.807, 2.05) is 0 Å². The number of hydrogen-bond acceptors (Lipinski definition) is 7. The number of carboxylic acids is 3. The fraction of sp³-hybridized carbons (Fsp3) is 0.556. The molecule has 0 aliphatic carbocycles. The average molecular weight is 247 g/mol. The lowest BCUT2D eigenvalue weighted by Gasteiger charge is -2.00. The number of carbonyl (C=O) groups is 4. The molecular weight excluding hydrogens is 234 g/mol. The van der Waals surface area contributed by atoms with Crippen molar-refractivity contribution in [1.29, 1.82) is 0 Å². The molecule has 0 fully saturated rings. The number of aliphatic carboxylic acids is 3. The van der Waals surface area contributed by atoms with Gasteiger partial charge in [-0.05, 0) is 19.4 Å². The number of Topliss-reactive ketones (excluding diaryl/α,β-unsaturated/α-hetero) is 1. The first kappa shape index (κ1) is 17.4. The van der Waals surface area contributed by atoms with Gasteiger partial charge in [-0.15, -0.1) is 0 Å². The molecule has 0 atom stereocenters. The van der Waals surface area contributed by atoms with Crippen LogP contribution in [0, 0.1) is 0 Å². The van der Waals surface area contributed by atoms with Crippen LogP contribution in [-0.4, -0.2) is 35.3 Å². The van der Waals surface area contributed by atoms with Gasteiger partial charge in [0.15, 0.2) is 5.78 Å². The van der Waals surface area contributed by atoms with E-state index in [1.165, 1.54) is 0 Å². The Bertz CT molecular complexity index is 287. The summed E-state index contributed by atoms with van der Waals surface area (Å²) < 4.78 is 0. The second kappa shape index (κ2) is 10.6. The molecule has 0 aromatic rings. The number of hydrogen-bond donors (Lipinski definition) is 2. The monoisotopic (exact) mass is 247 g/mol. The molecule has 98 valence electrons. The summed E-state index contributed by atoms with van der Waals surface area (Å²) in [6.45, 7) is 0.465. The lowest BCUT2D eigenvalue weighted by molar-refractivity contribution is -0.306. The van der Waals surface area contributed by atoms with Crippen molar-refractivity contribution in [2.24, 2.45) is 5.73 Å². The van der Waals surface area contributed by atoms with Crippen LogP contribution in [-0.2, 0) is 19.2 Å². The maximum absolute atomic E-state index is 10.1. The van der Waals surface area contributed by atoms with E-state index in [9.17, 15) is 29.4 Å². The zero-order chi connectivity index (χ0) is 13.8. The standard InChI is InChI=1S/C5H6O5.C4H9NO2/c6-3(5(9)10)1-2-4(7)8;5-3-1-2-4(6)7/h1-2H2,(H,7,8)(H,9,10);1-3,5H2,(H,6,7)/p-2. The molecule has 0 aliphatic rings. The zero-order valence-electron chi connectivity index (χ0n) is 9.01. The fourth-order valence-corrected chi connectivity index (χ4v) is 0.571. The van der Waals surface area contributed by atoms with E-state index < -0.39 is 36.5 Å². The van der Waals surface area contributed by atoms with E-state index in [0.29, 0.717) is 13.0 Å². The van der Waals surface area contributed by atoms with E-state index in [2.05, 4.69) is 0 Å². The minimum atomic E-state index is -1.86. The van der Waals surface area contributed by atoms with Crippen molar-refractivity contribution in [2.75, 3.05) is 6.54 Å². The van der Waals surface area contributed by atoms with Gasteiger partial charge < -0.3 is 30.6 Å². The highest BCUT2D eigenvalue weighted by atomic mass is 16.4. The molecule has 0 amide bonds. The molecule has 0 aromatic heterocycles. The van der Waals surface area contributed by atoms with Gasteiger partial charge in [0.2, 0.25) is 0 Å². The van der Waals surface area contributed by atoms with Crippen LogP contribution >= 0.6 is 0 Å². The molecule has 17 heavy (non-hydrogen) atoms. The maximum atomic E-state index is 10.1. The second-order valence-electron chi connectivity index (χ2n) is 2.87. The number of rotatable bonds is 7. The Labute approximate surface area is 97.0 Å². The van der Waals surface area contributed by atoms with E-state index in [0.717, 1.165) is 0 Å². The second-order valence-corrected chi connectivity index (χ2v) is 2.87. The van der Waals surface area contributed by atoms with Gasteiger partial charge in [-0.3, -0.25) is 9.59 Å². The van der Waals surface area contributed by atoms with Gasteiger partial charge in [0.25, 0.3) is 0 Å². The van der Waals surface area contributed by atoms with Gasteiger partial charge in [-0.25, -0.2) is 0 Å². The van der Waals surface area contributed by atoms with Gasteiger partial charge in [-0.2, -0.15) is 0 Å². The first-order valence-electron chi connectivity index (χ1n) is 4.67. The molecule has 0 bridgehead atoms. The van der Waals surface area contributed by atoms with Crippen LogP contribution in [0.5, 0.6) is 0 Å². The predicted molar refractivity (Wildman–Crippen MR) is 50.2 cm³/mol. The highest BCUT2D eigenvalue weighted by Crippen LogP contribution is 1.87. The number of ketones is 1. The van der Waals surface area contributed by atoms with Crippen LogP contribution < -0.4 is 15.9 Å². The Morgan fingerprint density at radius 2 is 1.53 bits per heavy atom. The normalized spacial score (nSPS) is 8.76. The largest absolute Gasteiger partial charge is 0.550 e. The Balaban J connectivity index is 0. The summed E-state index contributed by atoms with van der Waals surface area (Å²) in [5, 5.41) is 27.3. The first-order chi connectivity index (χ1) is 7.81. The van der Waals surface area contributed by atoms with Crippen LogP contribution in [0.2, 0.25) is 0 Å². The third kappa shape index (κ3) is 16.7. The first-order valence-corrected chi connectivity index (χ1v) is 4.67. The van der Waals surface area contributed by atoms with E-state index >= 15 is 0 Å². The molecule has 0 aliphatic heterocycles. The molecule has 0 saturated carbocycles. The predicted octanol–water partition coefficient (Wildman–Crippen LogP) is -3.35. The Hall–Kier alpha value is -1.96. The van der Waals surface area contributed by atoms with Crippen LogP contribution in [0.1, 0.15) is 25.7 Å². The molecular formula is C9H13NO7-2. The summed E-state index contributed by atoms with van der Waals surface area (Å²) in [6.07, 6.45) is -0.372. The topological polar surface area (TPSA) is 161 Å². The molecule has 8 nitrogen and oxygen atoms in total. The number of carbonyl (C=O) groups excluding carboxylic acids is 3. The minimum absolute atomic E-state index is 0.191. The van der Waals surface area contributed by atoms with Crippen molar-refractivity contribution in [2.45, 2.75) is 25.7 Å². The summed E-state index contributed by atoms with van der Waals surface area (Å²) in [5.74, 6) is -5.30. The molecule has 0 aromatic carbocycles. The number of carboxylic acid groups (broad SMARTS) is 3. The smallest absolute Gasteiger partial charge is 0.303 e. The third-order valence-corrected chi connectivity index (χ3v) is 1.38. The summed E-state index contributed by atoms with van der Waals surface area (Å²) in [6, 6.07) is 0. The van der Waals surface area contributed by atoms with Crippen LogP contribution in [0.4, 0.5) is 0 Å². The van der Waals surface area contributed by atoms with Crippen molar-refractivity contribution >= 4 is 23.7 Å². The van der Waals surface area contributed by atoms with Gasteiger partial charge in [0.05, 0.1) is 0 Å². The van der Waals surface area contributed by atoms with E-state index in [1.54, 1.807) is 0 Å². The quantitative estimate of drug-likeness (QED) is 0.441. The van der Waals surface area contributed by atoms with Crippen molar-refractivity contribution in [1.82, 2.24) is 0 Å². The highest BCUT2D eigenvalue weighted by molar-refractivity contribution is 6.31. The highest BCUT2D eigenvalue weighted by Gasteiger charge is 2.00. The molecule has 3 N–H and O–H groups in total. The molecule has 8 heteroatoms. The average Bonchev–Trinajstić information content (AvgIpc) is 2.23. The molecule has 0 saturated heterocycles. The lowest BCUT2D eigenvalue weighted by Crippen LogP contribution is -2.33. The third-order valence-electron chi connectivity index (χ3n) is 1.38. The van der Waals surface area contributed by atoms with Crippen molar-refractivity contribution in [3.05, 3.63) is 0 Å². The molecule has 0 rings (SSSR count). The molecule has 0 spiro atoms. The van der Waals surface area contributed by atoms with Crippen LogP contribution in [0.3, 0.4) is 0 Å². The lowest BCUT2D eigenvalue weighted by atomic mass is 10.2. The molecule has 0 heterocycles. The van der Waals surface area contributed by atoms with Crippen molar-refractivity contribution in [3.63, 3.8) is 0 Å². The van der Waals surface area contributed by atoms with Gasteiger partial charge in [-0.1, -0.05) is 0 Å². The number of nitrogens with two attached hydrogens (primary N) is 1. The van der Waals surface area contributed by atoms with E-state index in [-0.39, 0.29) is 6.42 Å². The molecule has 0 radical (unpaired) electrons. The van der Waals surface area contributed by atoms with Crippen LogP contribution in [0.25, 0.3) is 0 Å². The summed E-state index contributed by atoms with van der Waals surface area (Å²) in [4.78, 5) is 39.1. The minimum Gasteiger partial charge on any atom is -0.550 e. The van der Waals surface area contributed by atoms with Gasteiger partial charge in [0, 0.05) is 18.8 Å². The van der Waals surface area contributed by atoms with Gasteiger partial charge >= 0.3 is 5.97 Å². The summed E-state index contributed by atoms with van der Waals surface area (Å²) in [7, 11) is 0. The summed E-state index contributed by atoms with van der Waals surface area (Å²) in [5.41, 5.74) is 5.01. The van der Waals surface area contributed by atoms with Gasteiger partial charge in [0.1, 0.15) is 5.97 Å².